The van der Waals surface area contributed by atoms with Crippen LogP contribution >= 0.6 is 35.6 Å². The third kappa shape index (κ3) is 5.30. The lowest BCUT2D eigenvalue weighted by Gasteiger charge is -2.16. The fraction of sp³-hybridized carbons (Fsp3) is 0.111. The van der Waals surface area contributed by atoms with Crippen LogP contribution in [0.15, 0.2) is 88.7 Å². The van der Waals surface area contributed by atoms with Gasteiger partial charge in [-0.2, -0.15) is 0 Å². The summed E-state index contributed by atoms with van der Waals surface area (Å²) < 4.78 is 1.79. The normalized spacial score (nSPS) is 15.5. The highest BCUT2D eigenvalue weighted by atomic mass is 35.5. The third-order valence-corrected chi connectivity index (χ3v) is 7.60. The minimum absolute atomic E-state index is 0.119. The topological polar surface area (TPSA) is 86.9 Å². The number of hydrogen-bond acceptors (Lipinski definition) is 7. The van der Waals surface area contributed by atoms with Crippen LogP contribution in [0.5, 0.6) is 0 Å². The molecule has 2 N–H and O–H groups in total. The molecule has 4 aromatic rings. The van der Waals surface area contributed by atoms with Crippen LogP contribution in [0.2, 0.25) is 5.02 Å². The van der Waals surface area contributed by atoms with Crippen LogP contribution < -0.4 is 10.9 Å². The highest BCUT2D eigenvalue weighted by Crippen LogP contribution is 2.35. The minimum Gasteiger partial charge on any atom is -0.387 e. The molecule has 1 unspecified atom stereocenters. The zero-order chi connectivity index (χ0) is 25.9. The molecule has 2 aromatic heterocycles. The first kappa shape index (κ1) is 25.2. The SMILES string of the molecule is O=C1/C(=C/c2c(NCC(O)c3ccccc3)nc3ccccn3c2=O)SC(=S)N1Cc1ccccc1Cl. The zero-order valence-electron chi connectivity index (χ0n) is 19.4. The van der Waals surface area contributed by atoms with Crippen molar-refractivity contribution in [1.29, 1.82) is 0 Å². The number of hydrogen-bond donors (Lipinski definition) is 2. The van der Waals surface area contributed by atoms with Gasteiger partial charge in [0.1, 0.15) is 15.8 Å². The van der Waals surface area contributed by atoms with Gasteiger partial charge in [-0.3, -0.25) is 18.9 Å². The number of fused-ring (bicyclic) bond motifs is 1. The number of benzene rings is 2. The molecule has 7 nitrogen and oxygen atoms in total. The van der Waals surface area contributed by atoms with Gasteiger partial charge in [0.2, 0.25) is 0 Å². The van der Waals surface area contributed by atoms with E-state index in [-0.39, 0.29) is 35.9 Å². The lowest BCUT2D eigenvalue weighted by atomic mass is 10.1. The number of amides is 1. The second-order valence-corrected chi connectivity index (χ2v) is 10.4. The van der Waals surface area contributed by atoms with Gasteiger partial charge in [-0.25, -0.2) is 4.98 Å². The van der Waals surface area contributed by atoms with Crippen molar-refractivity contribution in [2.45, 2.75) is 12.6 Å². The van der Waals surface area contributed by atoms with Gasteiger partial charge in [-0.1, -0.05) is 90.2 Å². The molecule has 186 valence electrons. The van der Waals surface area contributed by atoms with Gasteiger partial charge in [-0.15, -0.1) is 0 Å². The van der Waals surface area contributed by atoms with Gasteiger partial charge >= 0.3 is 0 Å². The Hall–Kier alpha value is -3.50. The summed E-state index contributed by atoms with van der Waals surface area (Å²) in [4.78, 5) is 33.1. The van der Waals surface area contributed by atoms with E-state index in [1.807, 2.05) is 48.5 Å². The summed E-state index contributed by atoms with van der Waals surface area (Å²) >= 11 is 12.9. The molecular weight excluding hydrogens is 528 g/mol. The Morgan fingerprint density at radius 1 is 1.05 bits per heavy atom. The second-order valence-electron chi connectivity index (χ2n) is 8.27. The molecule has 0 radical (unpaired) electrons. The average molecular weight is 549 g/mol. The first-order valence-corrected chi connectivity index (χ1v) is 13.0. The maximum atomic E-state index is 13.4. The number of thiocarbonyl (C=S) groups is 1. The highest BCUT2D eigenvalue weighted by molar-refractivity contribution is 8.26. The van der Waals surface area contributed by atoms with Crippen LogP contribution in [-0.2, 0) is 11.3 Å². The zero-order valence-corrected chi connectivity index (χ0v) is 21.8. The Balaban J connectivity index is 1.49. The van der Waals surface area contributed by atoms with Crippen LogP contribution in [0.4, 0.5) is 5.82 Å². The predicted octanol–water partition coefficient (Wildman–Crippen LogP) is 4.89. The number of carbonyl (C=O) groups excluding carboxylic acids is 1. The summed E-state index contributed by atoms with van der Waals surface area (Å²) in [6.45, 7) is 0.346. The molecule has 0 bridgehead atoms. The molecule has 10 heteroatoms. The standard InChI is InChI=1S/C27H21ClN4O3S2/c28-20-11-5-4-10-18(20)16-32-26(35)22(37-27(32)36)14-19-24(29-15-21(33)17-8-2-1-3-9-17)30-23-12-6-7-13-31(23)25(19)34/h1-14,21,29,33H,15-16H2/b22-14-. The smallest absolute Gasteiger partial charge is 0.267 e. The molecule has 1 aliphatic rings. The maximum Gasteiger partial charge on any atom is 0.267 e. The summed E-state index contributed by atoms with van der Waals surface area (Å²) in [5.74, 6) is -0.0506. The second kappa shape index (κ2) is 10.9. The first-order chi connectivity index (χ1) is 17.9. The van der Waals surface area contributed by atoms with Gasteiger partial charge in [-0.05, 0) is 35.4 Å². The maximum absolute atomic E-state index is 13.4. The number of thioether (sulfide) groups is 1. The van der Waals surface area contributed by atoms with Crippen molar-refractivity contribution in [3.05, 3.63) is 116 Å². The number of nitrogens with zero attached hydrogens (tertiary/aromatic N) is 3. The molecule has 0 aliphatic carbocycles. The molecule has 1 fully saturated rings. The summed E-state index contributed by atoms with van der Waals surface area (Å²) in [5, 5.41) is 14.3. The molecule has 1 saturated heterocycles. The van der Waals surface area contributed by atoms with E-state index < -0.39 is 6.10 Å². The Labute approximate surface area is 227 Å². The summed E-state index contributed by atoms with van der Waals surface area (Å²) in [7, 11) is 0. The molecule has 1 atom stereocenters. The largest absolute Gasteiger partial charge is 0.387 e. The van der Waals surface area contributed by atoms with Crippen molar-refractivity contribution >= 4 is 63.3 Å². The van der Waals surface area contributed by atoms with Crippen LogP contribution in [0, 0.1) is 0 Å². The van der Waals surface area contributed by atoms with E-state index in [1.165, 1.54) is 15.4 Å². The molecule has 3 heterocycles. The lowest BCUT2D eigenvalue weighted by Crippen LogP contribution is -2.27. The van der Waals surface area contributed by atoms with E-state index >= 15 is 0 Å². The summed E-state index contributed by atoms with van der Waals surface area (Å²) in [6.07, 6.45) is 2.31. The van der Waals surface area contributed by atoms with E-state index in [9.17, 15) is 14.7 Å². The molecule has 0 spiro atoms. The monoisotopic (exact) mass is 548 g/mol. The number of aliphatic hydroxyl groups excluding tert-OH is 1. The Kier molecular flexibility index (Phi) is 7.38. The summed E-state index contributed by atoms with van der Waals surface area (Å²) in [6, 6.07) is 21.7. The molecule has 5 rings (SSSR count). The quantitative estimate of drug-likeness (QED) is 0.251. The number of rotatable bonds is 7. The molecule has 2 aromatic carbocycles. The number of aliphatic hydroxyl groups is 1. The predicted molar refractivity (Wildman–Crippen MR) is 152 cm³/mol. The van der Waals surface area contributed by atoms with Gasteiger partial charge in [0.25, 0.3) is 11.5 Å². The van der Waals surface area contributed by atoms with Crippen molar-refractivity contribution in [2.24, 2.45) is 0 Å². The number of halogens is 1. The Morgan fingerprint density at radius 3 is 2.57 bits per heavy atom. The van der Waals surface area contributed by atoms with Crippen LogP contribution in [0.1, 0.15) is 22.8 Å². The first-order valence-electron chi connectivity index (χ1n) is 11.4. The van der Waals surface area contributed by atoms with Crippen molar-refractivity contribution < 1.29 is 9.90 Å². The van der Waals surface area contributed by atoms with Gasteiger partial charge in [0, 0.05) is 17.8 Å². The van der Waals surface area contributed by atoms with Crippen LogP contribution in [-0.4, -0.2) is 36.2 Å². The number of aromatic nitrogens is 2. The lowest BCUT2D eigenvalue weighted by molar-refractivity contribution is -0.122. The van der Waals surface area contributed by atoms with E-state index in [2.05, 4.69) is 10.3 Å². The number of nitrogens with one attached hydrogen (secondary N) is 1. The fourth-order valence-corrected chi connectivity index (χ4v) is 5.35. The number of pyridine rings is 1. The average Bonchev–Trinajstić information content (AvgIpc) is 3.18. The van der Waals surface area contributed by atoms with E-state index in [0.717, 1.165) is 22.9 Å². The number of anilines is 1. The van der Waals surface area contributed by atoms with Crippen molar-refractivity contribution in [3.8, 4) is 0 Å². The minimum atomic E-state index is -0.820. The van der Waals surface area contributed by atoms with E-state index in [0.29, 0.717) is 19.9 Å². The highest BCUT2D eigenvalue weighted by Gasteiger charge is 2.33. The van der Waals surface area contributed by atoms with E-state index in [1.54, 1.807) is 30.5 Å². The van der Waals surface area contributed by atoms with Gasteiger partial charge in [0.15, 0.2) is 0 Å². The molecule has 1 amide bonds. The van der Waals surface area contributed by atoms with E-state index in [4.69, 9.17) is 23.8 Å². The molecule has 0 saturated carbocycles. The van der Waals surface area contributed by atoms with Gasteiger partial charge < -0.3 is 10.4 Å². The third-order valence-electron chi connectivity index (χ3n) is 5.85. The van der Waals surface area contributed by atoms with Crippen LogP contribution in [0.25, 0.3) is 11.7 Å². The Morgan fingerprint density at radius 2 is 1.78 bits per heavy atom. The Bertz CT molecular complexity index is 1590. The number of carbonyl (C=O) groups is 1. The molecular formula is C27H21ClN4O3S2. The van der Waals surface area contributed by atoms with Crippen LogP contribution in [0.3, 0.4) is 0 Å². The molecule has 37 heavy (non-hydrogen) atoms. The van der Waals surface area contributed by atoms with Gasteiger partial charge in [0.05, 0.1) is 23.1 Å². The van der Waals surface area contributed by atoms with Crippen molar-refractivity contribution in [2.75, 3.05) is 11.9 Å². The summed E-state index contributed by atoms with van der Waals surface area (Å²) in [5.41, 5.74) is 1.79. The molecule has 1 aliphatic heterocycles. The fourth-order valence-electron chi connectivity index (χ4n) is 3.92. The van der Waals surface area contributed by atoms with Crippen molar-refractivity contribution in [3.63, 3.8) is 0 Å². The van der Waals surface area contributed by atoms with Crippen molar-refractivity contribution in [1.82, 2.24) is 14.3 Å².